The molecular weight excluding hydrogens is 262 g/mol. The van der Waals surface area contributed by atoms with E-state index in [0.29, 0.717) is 0 Å². The molecule has 0 amide bonds. The summed E-state index contributed by atoms with van der Waals surface area (Å²) in [6.07, 6.45) is 7.90. The summed E-state index contributed by atoms with van der Waals surface area (Å²) in [6.45, 7) is 2.97. The summed E-state index contributed by atoms with van der Waals surface area (Å²) in [5.74, 6) is 0.497. The summed E-state index contributed by atoms with van der Waals surface area (Å²) in [5, 5.41) is 9.25. The van der Waals surface area contributed by atoms with E-state index in [0.717, 1.165) is 24.9 Å². The summed E-state index contributed by atoms with van der Waals surface area (Å²) < 4.78 is 0. The Kier molecular flexibility index (Phi) is 7.76. The fourth-order valence-electron chi connectivity index (χ4n) is 2.30. The van der Waals surface area contributed by atoms with Crippen molar-refractivity contribution in [2.75, 3.05) is 20.6 Å². The third-order valence-electron chi connectivity index (χ3n) is 3.48. The molecular formula is C18H27NO2. The van der Waals surface area contributed by atoms with Gasteiger partial charge in [-0.15, -0.1) is 0 Å². The van der Waals surface area contributed by atoms with Crippen LogP contribution in [0.3, 0.4) is 0 Å². The number of phenolic OH excluding ortho intramolecular Hbond substituents is 1. The lowest BCUT2D eigenvalue weighted by atomic mass is 9.95. The highest BCUT2D eigenvalue weighted by atomic mass is 16.3. The van der Waals surface area contributed by atoms with E-state index in [1.54, 1.807) is 30.3 Å². The first kappa shape index (κ1) is 17.4. The van der Waals surface area contributed by atoms with Crippen molar-refractivity contribution in [1.82, 2.24) is 4.90 Å². The van der Waals surface area contributed by atoms with E-state index >= 15 is 0 Å². The van der Waals surface area contributed by atoms with Crippen molar-refractivity contribution >= 4 is 11.9 Å². The van der Waals surface area contributed by atoms with Crippen LogP contribution in [0.4, 0.5) is 0 Å². The molecule has 1 atom stereocenters. The number of phenols is 1. The molecule has 0 aliphatic carbocycles. The summed E-state index contributed by atoms with van der Waals surface area (Å²) in [4.78, 5) is 14.4. The third kappa shape index (κ3) is 7.09. The number of hydrogen-bond donors (Lipinski definition) is 1. The molecule has 0 radical (unpaired) electrons. The highest BCUT2D eigenvalue weighted by Crippen LogP contribution is 2.15. The molecule has 1 aromatic rings. The molecule has 116 valence electrons. The summed E-state index contributed by atoms with van der Waals surface area (Å²) in [7, 11) is 4.01. The zero-order valence-electron chi connectivity index (χ0n) is 13.4. The maximum Gasteiger partial charge on any atom is 0.160 e. The predicted molar refractivity (Wildman–Crippen MR) is 88.3 cm³/mol. The van der Waals surface area contributed by atoms with Crippen LogP contribution in [0.25, 0.3) is 6.08 Å². The van der Waals surface area contributed by atoms with E-state index in [4.69, 9.17) is 0 Å². The lowest BCUT2D eigenvalue weighted by molar-refractivity contribution is -0.118. The van der Waals surface area contributed by atoms with E-state index < -0.39 is 0 Å². The topological polar surface area (TPSA) is 40.5 Å². The van der Waals surface area contributed by atoms with Gasteiger partial charge in [0.1, 0.15) is 5.75 Å². The second-order valence-corrected chi connectivity index (χ2v) is 5.78. The molecule has 1 aromatic carbocycles. The van der Waals surface area contributed by atoms with Gasteiger partial charge in [-0.1, -0.05) is 44.4 Å². The average molecular weight is 289 g/mol. The quantitative estimate of drug-likeness (QED) is 0.556. The maximum atomic E-state index is 12.4. The van der Waals surface area contributed by atoms with Crippen LogP contribution in [0.2, 0.25) is 0 Å². The fraction of sp³-hybridized carbons (Fsp3) is 0.500. The predicted octanol–water partition coefficient (Wildman–Crippen LogP) is 3.73. The Morgan fingerprint density at radius 3 is 2.48 bits per heavy atom. The highest BCUT2D eigenvalue weighted by Gasteiger charge is 2.16. The minimum Gasteiger partial charge on any atom is -0.508 e. The molecule has 3 heteroatoms. The van der Waals surface area contributed by atoms with Crippen LogP contribution in [-0.4, -0.2) is 36.4 Å². The van der Waals surface area contributed by atoms with Crippen LogP contribution in [0, 0.1) is 5.92 Å². The van der Waals surface area contributed by atoms with Crippen LogP contribution in [0.5, 0.6) is 5.75 Å². The molecule has 21 heavy (non-hydrogen) atoms. The summed E-state index contributed by atoms with van der Waals surface area (Å²) in [6, 6.07) is 6.86. The molecule has 0 saturated carbocycles. The van der Waals surface area contributed by atoms with E-state index in [-0.39, 0.29) is 17.5 Å². The van der Waals surface area contributed by atoms with Gasteiger partial charge in [-0.3, -0.25) is 4.79 Å². The number of benzene rings is 1. The molecule has 0 spiro atoms. The van der Waals surface area contributed by atoms with Crippen molar-refractivity contribution in [2.45, 2.75) is 32.6 Å². The number of hydrogen-bond acceptors (Lipinski definition) is 3. The van der Waals surface area contributed by atoms with Crippen molar-refractivity contribution in [1.29, 1.82) is 0 Å². The number of carbonyl (C=O) groups is 1. The number of unbranched alkanes of at least 4 members (excludes halogenated alkanes) is 2. The first-order valence-corrected chi connectivity index (χ1v) is 7.68. The molecule has 1 unspecified atom stereocenters. The Hall–Kier alpha value is -1.61. The van der Waals surface area contributed by atoms with Gasteiger partial charge in [-0.2, -0.15) is 0 Å². The van der Waals surface area contributed by atoms with Crippen LogP contribution >= 0.6 is 0 Å². The first-order valence-electron chi connectivity index (χ1n) is 7.68. The van der Waals surface area contributed by atoms with Crippen molar-refractivity contribution < 1.29 is 9.90 Å². The van der Waals surface area contributed by atoms with Gasteiger partial charge in [0.05, 0.1) is 0 Å². The Morgan fingerprint density at radius 1 is 1.24 bits per heavy atom. The molecule has 1 rings (SSSR count). The highest BCUT2D eigenvalue weighted by molar-refractivity contribution is 5.95. The van der Waals surface area contributed by atoms with E-state index in [2.05, 4.69) is 11.8 Å². The third-order valence-corrected chi connectivity index (χ3v) is 3.48. The number of rotatable bonds is 9. The molecule has 0 bridgehead atoms. The smallest absolute Gasteiger partial charge is 0.160 e. The SMILES string of the molecule is CCCCCC(CN(C)C)C(=O)/C=C/c1ccc(O)cc1. The Morgan fingerprint density at radius 2 is 1.90 bits per heavy atom. The van der Waals surface area contributed by atoms with Crippen molar-refractivity contribution in [3.63, 3.8) is 0 Å². The minimum atomic E-state index is 0.0694. The Bertz CT molecular complexity index is 449. The zero-order chi connectivity index (χ0) is 15.7. The lowest BCUT2D eigenvalue weighted by Gasteiger charge is -2.18. The molecule has 0 aliphatic heterocycles. The maximum absolute atomic E-state index is 12.4. The summed E-state index contributed by atoms with van der Waals surface area (Å²) >= 11 is 0. The standard InChI is InChI=1S/C18H27NO2/c1-4-5-6-7-16(14-19(2)3)18(21)13-10-15-8-11-17(20)12-9-15/h8-13,16,20H,4-7,14H2,1-3H3/b13-10+. The molecule has 0 heterocycles. The lowest BCUT2D eigenvalue weighted by Crippen LogP contribution is -2.27. The second-order valence-electron chi connectivity index (χ2n) is 5.78. The number of nitrogens with zero attached hydrogens (tertiary/aromatic N) is 1. The number of ketones is 1. The van der Waals surface area contributed by atoms with E-state index in [1.807, 2.05) is 20.2 Å². The van der Waals surface area contributed by atoms with E-state index in [9.17, 15) is 9.90 Å². The van der Waals surface area contributed by atoms with Gasteiger partial charge < -0.3 is 10.0 Å². The van der Waals surface area contributed by atoms with Gasteiger partial charge in [-0.25, -0.2) is 0 Å². The fourth-order valence-corrected chi connectivity index (χ4v) is 2.30. The monoisotopic (exact) mass is 289 g/mol. The van der Waals surface area contributed by atoms with Gasteiger partial charge >= 0.3 is 0 Å². The molecule has 0 fully saturated rings. The van der Waals surface area contributed by atoms with Crippen molar-refractivity contribution in [3.05, 3.63) is 35.9 Å². The molecule has 3 nitrogen and oxygen atoms in total. The number of aromatic hydroxyl groups is 1. The van der Waals surface area contributed by atoms with Crippen LogP contribution in [0.1, 0.15) is 38.2 Å². The van der Waals surface area contributed by atoms with Gasteiger partial charge in [0, 0.05) is 12.5 Å². The molecule has 0 saturated heterocycles. The normalized spacial score (nSPS) is 13.0. The van der Waals surface area contributed by atoms with Gasteiger partial charge in [0.2, 0.25) is 0 Å². The van der Waals surface area contributed by atoms with Crippen molar-refractivity contribution in [3.8, 4) is 5.75 Å². The van der Waals surface area contributed by atoms with Gasteiger partial charge in [0.15, 0.2) is 5.78 Å². The number of carbonyl (C=O) groups excluding carboxylic acids is 1. The number of allylic oxidation sites excluding steroid dienone is 1. The Balaban J connectivity index is 2.63. The second kappa shape index (κ2) is 9.35. The molecule has 1 N–H and O–H groups in total. The van der Waals surface area contributed by atoms with Crippen molar-refractivity contribution in [2.24, 2.45) is 5.92 Å². The largest absolute Gasteiger partial charge is 0.508 e. The first-order chi connectivity index (χ1) is 10.0. The molecule has 0 aromatic heterocycles. The van der Waals surface area contributed by atoms with Crippen LogP contribution in [0.15, 0.2) is 30.3 Å². The average Bonchev–Trinajstić information content (AvgIpc) is 2.45. The van der Waals surface area contributed by atoms with Crippen LogP contribution < -0.4 is 0 Å². The Labute approximate surface area is 128 Å². The zero-order valence-corrected chi connectivity index (χ0v) is 13.4. The summed E-state index contributed by atoms with van der Waals surface area (Å²) in [5.41, 5.74) is 0.929. The minimum absolute atomic E-state index is 0.0694. The van der Waals surface area contributed by atoms with Gasteiger partial charge in [0.25, 0.3) is 0 Å². The van der Waals surface area contributed by atoms with Crippen LogP contribution in [-0.2, 0) is 4.79 Å². The molecule has 0 aliphatic rings. The van der Waals surface area contributed by atoms with Gasteiger partial charge in [-0.05, 0) is 44.3 Å². The van der Waals surface area contributed by atoms with E-state index in [1.165, 1.54) is 12.8 Å².